The van der Waals surface area contributed by atoms with Gasteiger partial charge in [0.2, 0.25) is 0 Å². The molecular formula is C26H32ClFN4O. The Hall–Kier alpha value is -2.25. The average molecular weight is 471 g/mol. The Morgan fingerprint density at radius 1 is 1.15 bits per heavy atom. The fourth-order valence-electron chi connectivity index (χ4n) is 4.32. The number of fused-ring (bicyclic) bond motifs is 1. The summed E-state index contributed by atoms with van der Waals surface area (Å²) >= 11 is 6.10. The molecule has 0 radical (unpaired) electrons. The van der Waals surface area contributed by atoms with Crippen molar-refractivity contribution in [2.24, 2.45) is 5.92 Å². The van der Waals surface area contributed by atoms with E-state index in [0.717, 1.165) is 24.3 Å². The minimum Gasteiger partial charge on any atom is -0.392 e. The lowest BCUT2D eigenvalue weighted by Crippen LogP contribution is -2.33. The van der Waals surface area contributed by atoms with E-state index >= 15 is 0 Å². The van der Waals surface area contributed by atoms with Gasteiger partial charge < -0.3 is 5.11 Å². The van der Waals surface area contributed by atoms with E-state index in [9.17, 15) is 9.50 Å². The van der Waals surface area contributed by atoms with Crippen LogP contribution in [0.2, 0.25) is 5.02 Å². The Kier molecular flexibility index (Phi) is 7.49. The van der Waals surface area contributed by atoms with Crippen LogP contribution >= 0.6 is 11.6 Å². The van der Waals surface area contributed by atoms with E-state index in [2.05, 4.69) is 9.80 Å². The van der Waals surface area contributed by atoms with Gasteiger partial charge in [-0.1, -0.05) is 43.6 Å². The van der Waals surface area contributed by atoms with Crippen LogP contribution in [-0.4, -0.2) is 50.9 Å². The number of hydrogen-bond donors (Lipinski definition) is 1. The first-order valence-corrected chi connectivity index (χ1v) is 11.9. The molecule has 1 N–H and O–H groups in total. The molecule has 0 bridgehead atoms. The molecule has 1 aromatic heterocycles. The fraction of sp³-hybridized carbons (Fsp3) is 0.423. The summed E-state index contributed by atoms with van der Waals surface area (Å²) in [6.45, 7) is 7.39. The van der Waals surface area contributed by atoms with E-state index in [1.54, 1.807) is 6.07 Å². The first-order valence-electron chi connectivity index (χ1n) is 11.5. The number of aliphatic hydroxyl groups excluding tert-OH is 1. The van der Waals surface area contributed by atoms with Crippen LogP contribution in [0.1, 0.15) is 36.4 Å². The van der Waals surface area contributed by atoms with Crippen molar-refractivity contribution in [2.75, 3.05) is 20.1 Å². The molecule has 1 aliphatic heterocycles. The summed E-state index contributed by atoms with van der Waals surface area (Å²) in [5, 5.41) is 16.0. The molecule has 1 unspecified atom stereocenters. The van der Waals surface area contributed by atoms with Crippen molar-refractivity contribution >= 4 is 11.6 Å². The highest BCUT2D eigenvalue weighted by Crippen LogP contribution is 2.28. The molecule has 3 aromatic rings. The third-order valence-electron chi connectivity index (χ3n) is 6.33. The summed E-state index contributed by atoms with van der Waals surface area (Å²) in [6, 6.07) is 14.7. The monoisotopic (exact) mass is 470 g/mol. The Labute approximate surface area is 200 Å². The number of halogens is 2. The maximum atomic E-state index is 14.3. The zero-order valence-electron chi connectivity index (χ0n) is 19.5. The lowest BCUT2D eigenvalue weighted by molar-refractivity contribution is 0.0831. The van der Waals surface area contributed by atoms with E-state index < -0.39 is 0 Å². The highest BCUT2D eigenvalue weighted by molar-refractivity contribution is 6.30. The van der Waals surface area contributed by atoms with Gasteiger partial charge in [0.1, 0.15) is 5.82 Å². The summed E-state index contributed by atoms with van der Waals surface area (Å²) in [4.78, 5) is 4.40. The molecule has 7 heteroatoms. The Morgan fingerprint density at radius 3 is 2.58 bits per heavy atom. The van der Waals surface area contributed by atoms with Crippen molar-refractivity contribution in [3.05, 3.63) is 81.9 Å². The number of rotatable bonds is 8. The van der Waals surface area contributed by atoms with Crippen LogP contribution < -0.4 is 0 Å². The van der Waals surface area contributed by atoms with E-state index in [-0.39, 0.29) is 17.8 Å². The first-order chi connectivity index (χ1) is 15.8. The van der Waals surface area contributed by atoms with Crippen LogP contribution in [0, 0.1) is 11.7 Å². The Balaban J connectivity index is 1.62. The topological polar surface area (TPSA) is 44.5 Å². The van der Waals surface area contributed by atoms with Crippen LogP contribution in [0.25, 0.3) is 5.69 Å². The second-order valence-electron chi connectivity index (χ2n) is 9.32. The number of aliphatic hydroxyl groups is 1. The van der Waals surface area contributed by atoms with Crippen LogP contribution in [0.5, 0.6) is 0 Å². The molecule has 0 saturated heterocycles. The number of aromatic nitrogens is 2. The molecule has 0 saturated carbocycles. The normalized spacial score (nSPS) is 15.3. The van der Waals surface area contributed by atoms with Crippen molar-refractivity contribution in [3.8, 4) is 5.69 Å². The molecule has 1 atom stereocenters. The van der Waals surface area contributed by atoms with Gasteiger partial charge in [-0.2, -0.15) is 5.10 Å². The minimum atomic E-state index is -0.387. The molecule has 2 aromatic carbocycles. The SMILES string of the molecule is CC(C)C(O)CN(C)Cc1nn(-c2ccc(Cl)cc2)c2c1CN(Cc1ccccc1F)CC2. The van der Waals surface area contributed by atoms with Gasteiger partial charge in [0.15, 0.2) is 0 Å². The molecule has 176 valence electrons. The van der Waals surface area contributed by atoms with Gasteiger partial charge in [-0.3, -0.25) is 9.80 Å². The van der Waals surface area contributed by atoms with Gasteiger partial charge in [-0.05, 0) is 43.3 Å². The summed E-state index contributed by atoms with van der Waals surface area (Å²) in [7, 11) is 2.01. The maximum absolute atomic E-state index is 14.3. The van der Waals surface area contributed by atoms with E-state index in [1.165, 1.54) is 17.3 Å². The number of nitrogens with zero attached hydrogens (tertiary/aromatic N) is 4. The zero-order chi connectivity index (χ0) is 23.5. The molecule has 0 spiro atoms. The van der Waals surface area contributed by atoms with Crippen molar-refractivity contribution in [1.82, 2.24) is 19.6 Å². The predicted molar refractivity (Wildman–Crippen MR) is 130 cm³/mol. The van der Waals surface area contributed by atoms with Crippen LogP contribution in [-0.2, 0) is 26.1 Å². The molecule has 1 aliphatic rings. The van der Waals surface area contributed by atoms with E-state index in [4.69, 9.17) is 16.7 Å². The minimum absolute atomic E-state index is 0.164. The highest BCUT2D eigenvalue weighted by atomic mass is 35.5. The van der Waals surface area contributed by atoms with Crippen molar-refractivity contribution in [2.45, 2.75) is 46.0 Å². The maximum Gasteiger partial charge on any atom is 0.127 e. The molecule has 2 heterocycles. The third-order valence-corrected chi connectivity index (χ3v) is 6.58. The zero-order valence-corrected chi connectivity index (χ0v) is 20.3. The number of benzene rings is 2. The summed E-state index contributed by atoms with van der Waals surface area (Å²) < 4.78 is 16.3. The average Bonchev–Trinajstić information content (AvgIpc) is 3.13. The standard InChI is InChI=1S/C26H32ClFN4O/c1-18(2)26(33)17-30(3)16-24-22-15-31(14-19-6-4-5-7-23(19)28)13-12-25(22)32(29-24)21-10-8-20(27)9-11-21/h4-11,18,26,33H,12-17H2,1-3H3. The summed E-state index contributed by atoms with van der Waals surface area (Å²) in [6.07, 6.45) is 0.444. The molecule has 0 aliphatic carbocycles. The molecule has 33 heavy (non-hydrogen) atoms. The molecule has 5 nitrogen and oxygen atoms in total. The van der Waals surface area contributed by atoms with Crippen LogP contribution in [0.15, 0.2) is 48.5 Å². The van der Waals surface area contributed by atoms with Gasteiger partial charge in [-0.15, -0.1) is 0 Å². The van der Waals surface area contributed by atoms with E-state index in [1.807, 2.05) is 62.0 Å². The predicted octanol–water partition coefficient (Wildman–Crippen LogP) is 4.67. The van der Waals surface area contributed by atoms with Crippen LogP contribution in [0.4, 0.5) is 4.39 Å². The van der Waals surface area contributed by atoms with E-state index in [0.29, 0.717) is 36.8 Å². The first kappa shape index (κ1) is 23.9. The van der Waals surface area contributed by atoms with Crippen molar-refractivity contribution < 1.29 is 9.50 Å². The fourth-order valence-corrected chi connectivity index (χ4v) is 4.44. The lowest BCUT2D eigenvalue weighted by atomic mass is 10.0. The van der Waals surface area contributed by atoms with Gasteiger partial charge in [0, 0.05) is 55.3 Å². The quantitative estimate of drug-likeness (QED) is 0.519. The van der Waals surface area contributed by atoms with Crippen molar-refractivity contribution in [1.29, 1.82) is 0 Å². The smallest absolute Gasteiger partial charge is 0.127 e. The number of likely N-dealkylation sites (N-methyl/N-ethyl adjacent to an activating group) is 1. The van der Waals surface area contributed by atoms with Gasteiger partial charge in [0.25, 0.3) is 0 Å². The van der Waals surface area contributed by atoms with Gasteiger partial charge in [0.05, 0.1) is 23.2 Å². The van der Waals surface area contributed by atoms with Gasteiger partial charge in [-0.25, -0.2) is 9.07 Å². The third kappa shape index (κ3) is 5.64. The second-order valence-corrected chi connectivity index (χ2v) is 9.76. The summed E-state index contributed by atoms with van der Waals surface area (Å²) in [5.74, 6) is 0.0343. The Bertz CT molecular complexity index is 1080. The molecule has 0 fully saturated rings. The summed E-state index contributed by atoms with van der Waals surface area (Å²) in [5.41, 5.74) is 5.07. The highest BCUT2D eigenvalue weighted by Gasteiger charge is 2.27. The molecule has 0 amide bonds. The molecular weight excluding hydrogens is 439 g/mol. The lowest BCUT2D eigenvalue weighted by Gasteiger charge is -2.28. The van der Waals surface area contributed by atoms with Crippen molar-refractivity contribution in [3.63, 3.8) is 0 Å². The van der Waals surface area contributed by atoms with Gasteiger partial charge >= 0.3 is 0 Å². The Morgan fingerprint density at radius 2 is 1.88 bits per heavy atom. The second kappa shape index (κ2) is 10.3. The largest absolute Gasteiger partial charge is 0.392 e. The molecule has 4 rings (SSSR count). The number of hydrogen-bond acceptors (Lipinski definition) is 4. The van der Waals surface area contributed by atoms with Crippen LogP contribution in [0.3, 0.4) is 0 Å².